The number of benzene rings is 1. The molecule has 0 bridgehead atoms. The molecule has 0 radical (unpaired) electrons. The second kappa shape index (κ2) is 9.27. The Bertz CT molecular complexity index is 737. The Morgan fingerprint density at radius 3 is 2.88 bits per heavy atom. The van der Waals surface area contributed by atoms with Crippen LogP contribution in [0.2, 0.25) is 10.0 Å². The number of hydrogen-bond donors (Lipinski definition) is 1. The summed E-state index contributed by atoms with van der Waals surface area (Å²) in [6, 6.07) is 5.17. The fourth-order valence-corrected chi connectivity index (χ4v) is 3.70. The predicted molar refractivity (Wildman–Crippen MR) is 100 cm³/mol. The van der Waals surface area contributed by atoms with Crippen LogP contribution in [0, 0.1) is 0 Å². The van der Waals surface area contributed by atoms with Gasteiger partial charge in [-0.3, -0.25) is 9.59 Å². The summed E-state index contributed by atoms with van der Waals surface area (Å²) >= 11 is 14.7. The van der Waals surface area contributed by atoms with Gasteiger partial charge in [-0.1, -0.05) is 23.2 Å². The van der Waals surface area contributed by atoms with Crippen molar-refractivity contribution in [3.05, 3.63) is 33.6 Å². The molecule has 9 heteroatoms. The zero-order valence-electron chi connectivity index (χ0n) is 12.7. The SMILES string of the molecule is COC(=O)CSCCC(=O)Nc1nc(-c2ccc(Cl)cc2Cl)cs1. The smallest absolute Gasteiger partial charge is 0.315 e. The number of carbonyl (C=O) groups excluding carboxylic acids is 2. The Labute approximate surface area is 157 Å². The number of methoxy groups -OCH3 is 1. The number of anilines is 1. The van der Waals surface area contributed by atoms with Gasteiger partial charge in [0.25, 0.3) is 0 Å². The minimum atomic E-state index is -0.301. The molecule has 1 N–H and O–H groups in total. The van der Waals surface area contributed by atoms with Crippen molar-refractivity contribution >= 4 is 63.3 Å². The molecule has 1 heterocycles. The van der Waals surface area contributed by atoms with Gasteiger partial charge in [-0.05, 0) is 18.2 Å². The third kappa shape index (κ3) is 5.66. The van der Waals surface area contributed by atoms with Crippen molar-refractivity contribution in [2.24, 2.45) is 0 Å². The molecule has 2 rings (SSSR count). The second-order valence-electron chi connectivity index (χ2n) is 4.59. The zero-order valence-corrected chi connectivity index (χ0v) is 15.8. The first kappa shape index (κ1) is 19.1. The molecule has 0 saturated heterocycles. The molecule has 0 aliphatic rings. The summed E-state index contributed by atoms with van der Waals surface area (Å²) in [6.45, 7) is 0. The van der Waals surface area contributed by atoms with Crippen molar-refractivity contribution < 1.29 is 14.3 Å². The molecule has 0 aliphatic heterocycles. The van der Waals surface area contributed by atoms with Gasteiger partial charge in [0.05, 0.1) is 23.6 Å². The van der Waals surface area contributed by atoms with E-state index in [2.05, 4.69) is 15.0 Å². The van der Waals surface area contributed by atoms with Crippen molar-refractivity contribution in [3.8, 4) is 11.3 Å². The monoisotopic (exact) mass is 404 g/mol. The number of aromatic nitrogens is 1. The van der Waals surface area contributed by atoms with Crippen molar-refractivity contribution in [1.82, 2.24) is 4.98 Å². The Kier molecular flexibility index (Phi) is 7.36. The predicted octanol–water partition coefficient (Wildman–Crippen LogP) is 4.35. The van der Waals surface area contributed by atoms with E-state index in [1.54, 1.807) is 18.2 Å². The van der Waals surface area contributed by atoms with Crippen LogP contribution in [0.15, 0.2) is 23.6 Å². The number of carbonyl (C=O) groups is 2. The van der Waals surface area contributed by atoms with Gasteiger partial charge < -0.3 is 10.1 Å². The molecule has 1 aromatic heterocycles. The molecule has 0 atom stereocenters. The van der Waals surface area contributed by atoms with Crippen LogP contribution in [0.3, 0.4) is 0 Å². The van der Waals surface area contributed by atoms with E-state index >= 15 is 0 Å². The maximum Gasteiger partial charge on any atom is 0.315 e. The van der Waals surface area contributed by atoms with Crippen LogP contribution in [-0.2, 0) is 14.3 Å². The lowest BCUT2D eigenvalue weighted by Gasteiger charge is -2.02. The van der Waals surface area contributed by atoms with Crippen LogP contribution in [0.4, 0.5) is 5.13 Å². The van der Waals surface area contributed by atoms with Gasteiger partial charge in [0.1, 0.15) is 0 Å². The molecular weight excluding hydrogens is 391 g/mol. The van der Waals surface area contributed by atoms with Crippen LogP contribution in [-0.4, -0.2) is 35.5 Å². The molecule has 1 amide bonds. The lowest BCUT2D eigenvalue weighted by Crippen LogP contribution is -2.13. The lowest BCUT2D eigenvalue weighted by molar-refractivity contribution is -0.137. The summed E-state index contributed by atoms with van der Waals surface area (Å²) in [5.74, 6) is 0.308. The number of rotatable bonds is 7. The van der Waals surface area contributed by atoms with Crippen molar-refractivity contribution in [3.63, 3.8) is 0 Å². The summed E-state index contributed by atoms with van der Waals surface area (Å²) in [7, 11) is 1.34. The van der Waals surface area contributed by atoms with E-state index in [9.17, 15) is 9.59 Å². The first-order chi connectivity index (χ1) is 11.5. The summed E-state index contributed by atoms with van der Waals surface area (Å²) in [4.78, 5) is 27.2. The summed E-state index contributed by atoms with van der Waals surface area (Å²) in [5, 5.41) is 6.11. The third-order valence-electron chi connectivity index (χ3n) is 2.88. The Hall–Kier alpha value is -1.28. The van der Waals surface area contributed by atoms with Crippen LogP contribution < -0.4 is 5.32 Å². The molecule has 5 nitrogen and oxygen atoms in total. The fourth-order valence-electron chi connectivity index (χ4n) is 1.71. The lowest BCUT2D eigenvalue weighted by atomic mass is 10.2. The second-order valence-corrected chi connectivity index (χ2v) is 7.40. The van der Waals surface area contributed by atoms with Crippen molar-refractivity contribution in [2.45, 2.75) is 6.42 Å². The van der Waals surface area contributed by atoms with Gasteiger partial charge in [-0.25, -0.2) is 4.98 Å². The highest BCUT2D eigenvalue weighted by Gasteiger charge is 2.11. The van der Waals surface area contributed by atoms with E-state index in [1.165, 1.54) is 30.2 Å². The number of halogens is 2. The molecule has 1 aromatic carbocycles. The largest absolute Gasteiger partial charge is 0.468 e. The topological polar surface area (TPSA) is 68.3 Å². The molecule has 0 spiro atoms. The number of nitrogens with one attached hydrogen (secondary N) is 1. The molecule has 0 aliphatic carbocycles. The highest BCUT2D eigenvalue weighted by atomic mass is 35.5. The van der Waals surface area contributed by atoms with E-state index in [1.807, 2.05) is 5.38 Å². The maximum atomic E-state index is 11.9. The Morgan fingerprint density at radius 1 is 1.38 bits per heavy atom. The number of nitrogens with zero attached hydrogens (tertiary/aromatic N) is 1. The fraction of sp³-hybridized carbons (Fsp3) is 0.267. The van der Waals surface area contributed by atoms with Gasteiger partial charge in [-0.15, -0.1) is 23.1 Å². The number of esters is 1. The van der Waals surface area contributed by atoms with E-state index < -0.39 is 0 Å². The van der Waals surface area contributed by atoms with Crippen LogP contribution >= 0.6 is 46.3 Å². The van der Waals surface area contributed by atoms with E-state index in [0.717, 1.165) is 5.56 Å². The molecule has 0 unspecified atom stereocenters. The number of amides is 1. The van der Waals surface area contributed by atoms with Crippen LogP contribution in [0.5, 0.6) is 0 Å². The summed E-state index contributed by atoms with van der Waals surface area (Å²) in [6.07, 6.45) is 0.290. The first-order valence-corrected chi connectivity index (χ1v) is 9.64. The van der Waals surface area contributed by atoms with Crippen LogP contribution in [0.25, 0.3) is 11.3 Å². The molecule has 0 fully saturated rings. The average Bonchev–Trinajstić information content (AvgIpc) is 2.99. The van der Waals surface area contributed by atoms with E-state index in [-0.39, 0.29) is 24.1 Å². The summed E-state index contributed by atoms with van der Waals surface area (Å²) < 4.78 is 4.53. The minimum absolute atomic E-state index is 0.157. The molecule has 24 heavy (non-hydrogen) atoms. The van der Waals surface area contributed by atoms with Gasteiger partial charge >= 0.3 is 5.97 Å². The number of ether oxygens (including phenoxy) is 1. The van der Waals surface area contributed by atoms with E-state index in [0.29, 0.717) is 26.6 Å². The number of thiazole rings is 1. The van der Waals surface area contributed by atoms with Crippen LogP contribution in [0.1, 0.15) is 6.42 Å². The van der Waals surface area contributed by atoms with E-state index in [4.69, 9.17) is 23.2 Å². The Balaban J connectivity index is 1.87. The summed E-state index contributed by atoms with van der Waals surface area (Å²) in [5.41, 5.74) is 1.43. The normalized spacial score (nSPS) is 10.5. The molecule has 0 saturated carbocycles. The van der Waals surface area contributed by atoms with Gasteiger partial charge in [0.15, 0.2) is 5.13 Å². The van der Waals surface area contributed by atoms with Crippen molar-refractivity contribution in [1.29, 1.82) is 0 Å². The zero-order chi connectivity index (χ0) is 17.5. The maximum absolute atomic E-state index is 11.9. The average molecular weight is 405 g/mol. The highest BCUT2D eigenvalue weighted by Crippen LogP contribution is 2.32. The number of hydrogen-bond acceptors (Lipinski definition) is 6. The van der Waals surface area contributed by atoms with Gasteiger partial charge in [0, 0.05) is 28.1 Å². The minimum Gasteiger partial charge on any atom is -0.468 e. The highest BCUT2D eigenvalue weighted by molar-refractivity contribution is 7.99. The molecular formula is C15H14Cl2N2O3S2. The standard InChI is InChI=1S/C15H14Cl2N2O3S2/c1-22-14(21)8-23-5-4-13(20)19-15-18-12(7-24-15)10-3-2-9(16)6-11(10)17/h2-3,6-7H,4-5,8H2,1H3,(H,18,19,20). The number of thioether (sulfide) groups is 1. The Morgan fingerprint density at radius 2 is 2.17 bits per heavy atom. The van der Waals surface area contributed by atoms with Gasteiger partial charge in [0.2, 0.25) is 5.91 Å². The molecule has 2 aromatic rings. The third-order valence-corrected chi connectivity index (χ3v) is 5.12. The first-order valence-electron chi connectivity index (χ1n) is 6.85. The quantitative estimate of drug-likeness (QED) is 0.548. The van der Waals surface area contributed by atoms with Gasteiger partial charge in [-0.2, -0.15) is 0 Å². The van der Waals surface area contributed by atoms with Crippen molar-refractivity contribution in [2.75, 3.05) is 23.9 Å². The molecule has 128 valence electrons.